The quantitative estimate of drug-likeness (QED) is 0.772. The molecule has 0 saturated carbocycles. The summed E-state index contributed by atoms with van der Waals surface area (Å²) in [6, 6.07) is 2.25. The van der Waals surface area contributed by atoms with Crippen LogP contribution in [0.4, 0.5) is 8.78 Å². The zero-order valence-corrected chi connectivity index (χ0v) is 8.95. The van der Waals surface area contributed by atoms with Gasteiger partial charge in [-0.05, 0) is 49.5 Å². The lowest BCUT2D eigenvalue weighted by Crippen LogP contribution is -2.11. The van der Waals surface area contributed by atoms with Crippen molar-refractivity contribution in [1.82, 2.24) is 5.32 Å². The highest BCUT2D eigenvalue weighted by Crippen LogP contribution is 2.23. The number of benzene rings is 1. The Labute approximate surface area is 92.4 Å². The molecule has 1 N–H and O–H groups in total. The normalized spacial score (nSPS) is 20.9. The van der Waals surface area contributed by atoms with Crippen LogP contribution in [-0.4, -0.2) is 13.1 Å². The molecule has 82 valence electrons. The van der Waals surface area contributed by atoms with Crippen LogP contribution in [0.5, 0.6) is 0 Å². The van der Waals surface area contributed by atoms with E-state index in [2.05, 4.69) is 5.32 Å². The molecule has 0 spiro atoms. The standard InChI is InChI=1S/C11H12ClF2N/c12-9-5-10(13)8(4-11(9)14)3-7-1-2-15-6-7/h4-5,7,15H,1-3,6H2. The third-order valence-corrected chi connectivity index (χ3v) is 3.05. The monoisotopic (exact) mass is 231 g/mol. The van der Waals surface area contributed by atoms with Crippen molar-refractivity contribution in [2.45, 2.75) is 12.8 Å². The number of nitrogens with one attached hydrogen (secondary N) is 1. The van der Waals surface area contributed by atoms with Crippen LogP contribution in [0.2, 0.25) is 5.02 Å². The molecule has 0 aliphatic carbocycles. The van der Waals surface area contributed by atoms with Gasteiger partial charge in [0.2, 0.25) is 0 Å². The van der Waals surface area contributed by atoms with Gasteiger partial charge >= 0.3 is 0 Å². The van der Waals surface area contributed by atoms with Crippen LogP contribution in [0.25, 0.3) is 0 Å². The first-order valence-electron chi connectivity index (χ1n) is 5.01. The summed E-state index contributed by atoms with van der Waals surface area (Å²) in [5.74, 6) is -0.549. The van der Waals surface area contributed by atoms with Crippen LogP contribution in [0.3, 0.4) is 0 Å². The number of hydrogen-bond acceptors (Lipinski definition) is 1. The lowest BCUT2D eigenvalue weighted by atomic mass is 9.98. The molecule has 0 aromatic heterocycles. The summed E-state index contributed by atoms with van der Waals surface area (Å²) in [4.78, 5) is 0. The number of hydrogen-bond donors (Lipinski definition) is 1. The Morgan fingerprint density at radius 3 is 2.80 bits per heavy atom. The fourth-order valence-corrected chi connectivity index (χ4v) is 2.07. The van der Waals surface area contributed by atoms with Gasteiger partial charge in [-0.15, -0.1) is 0 Å². The topological polar surface area (TPSA) is 12.0 Å². The van der Waals surface area contributed by atoms with Crippen molar-refractivity contribution in [2.24, 2.45) is 5.92 Å². The Hall–Kier alpha value is -0.670. The number of rotatable bonds is 2. The molecule has 1 heterocycles. The highest BCUT2D eigenvalue weighted by molar-refractivity contribution is 6.30. The van der Waals surface area contributed by atoms with E-state index in [1.807, 2.05) is 0 Å². The van der Waals surface area contributed by atoms with Gasteiger partial charge in [-0.1, -0.05) is 11.6 Å². The summed E-state index contributed by atoms with van der Waals surface area (Å²) >= 11 is 5.48. The maximum Gasteiger partial charge on any atom is 0.142 e. The Balaban J connectivity index is 2.16. The predicted octanol–water partition coefficient (Wildman–Crippen LogP) is 2.77. The molecular formula is C11H12ClF2N. The van der Waals surface area contributed by atoms with Crippen LogP contribution < -0.4 is 5.32 Å². The van der Waals surface area contributed by atoms with Crippen molar-refractivity contribution < 1.29 is 8.78 Å². The Morgan fingerprint density at radius 2 is 2.13 bits per heavy atom. The van der Waals surface area contributed by atoms with Crippen LogP contribution in [0.1, 0.15) is 12.0 Å². The second-order valence-electron chi connectivity index (χ2n) is 3.92. The smallest absolute Gasteiger partial charge is 0.142 e. The molecule has 1 saturated heterocycles. The molecule has 1 unspecified atom stereocenters. The maximum absolute atomic E-state index is 13.4. The van der Waals surface area contributed by atoms with E-state index in [0.29, 0.717) is 17.9 Å². The van der Waals surface area contributed by atoms with Gasteiger partial charge in [-0.2, -0.15) is 0 Å². The molecule has 0 radical (unpaired) electrons. The maximum atomic E-state index is 13.4. The van der Waals surface area contributed by atoms with E-state index >= 15 is 0 Å². The molecule has 1 nitrogen and oxygen atoms in total. The molecule has 1 atom stereocenters. The molecule has 1 fully saturated rings. The molecule has 2 rings (SSSR count). The first-order valence-corrected chi connectivity index (χ1v) is 5.39. The van der Waals surface area contributed by atoms with Crippen molar-refractivity contribution >= 4 is 11.6 Å². The second-order valence-corrected chi connectivity index (χ2v) is 4.33. The molecule has 1 aliphatic heterocycles. The van der Waals surface area contributed by atoms with E-state index in [0.717, 1.165) is 25.6 Å². The fraction of sp³-hybridized carbons (Fsp3) is 0.455. The van der Waals surface area contributed by atoms with Gasteiger partial charge in [-0.3, -0.25) is 0 Å². The first kappa shape index (κ1) is 10.8. The third-order valence-electron chi connectivity index (χ3n) is 2.76. The number of halogens is 3. The molecule has 1 aromatic carbocycles. The molecule has 1 aliphatic rings. The highest BCUT2D eigenvalue weighted by atomic mass is 35.5. The molecule has 4 heteroatoms. The SMILES string of the molecule is Fc1cc(CC2CCNC2)c(F)cc1Cl. The van der Waals surface area contributed by atoms with Gasteiger partial charge in [0, 0.05) is 0 Å². The molecule has 1 aromatic rings. The molecule has 0 amide bonds. The average molecular weight is 232 g/mol. The zero-order chi connectivity index (χ0) is 10.8. The van der Waals surface area contributed by atoms with Crippen LogP contribution in [0, 0.1) is 17.6 Å². The van der Waals surface area contributed by atoms with Crippen LogP contribution in [-0.2, 0) is 6.42 Å². The lowest BCUT2D eigenvalue weighted by molar-refractivity contribution is 0.534. The van der Waals surface area contributed by atoms with Gasteiger partial charge in [0.05, 0.1) is 5.02 Å². The van der Waals surface area contributed by atoms with Gasteiger partial charge in [0.15, 0.2) is 0 Å². The van der Waals surface area contributed by atoms with Gasteiger partial charge in [0.25, 0.3) is 0 Å². The Morgan fingerprint density at radius 1 is 1.33 bits per heavy atom. The van der Waals surface area contributed by atoms with E-state index in [-0.39, 0.29) is 5.02 Å². The molecule has 15 heavy (non-hydrogen) atoms. The largest absolute Gasteiger partial charge is 0.316 e. The van der Waals surface area contributed by atoms with Crippen LogP contribution in [0.15, 0.2) is 12.1 Å². The Kier molecular flexibility index (Phi) is 3.22. The second kappa shape index (κ2) is 4.45. The third kappa shape index (κ3) is 2.47. The fourth-order valence-electron chi connectivity index (χ4n) is 1.92. The van der Waals surface area contributed by atoms with Crippen molar-refractivity contribution in [3.05, 3.63) is 34.4 Å². The molecule has 0 bridgehead atoms. The predicted molar refractivity (Wildman–Crippen MR) is 56.0 cm³/mol. The van der Waals surface area contributed by atoms with Gasteiger partial charge < -0.3 is 5.32 Å². The first-order chi connectivity index (χ1) is 7.16. The summed E-state index contributed by atoms with van der Waals surface area (Å²) in [5, 5.41) is 3.04. The molecular weight excluding hydrogens is 220 g/mol. The summed E-state index contributed by atoms with van der Waals surface area (Å²) in [5.41, 5.74) is 0.422. The minimum Gasteiger partial charge on any atom is -0.316 e. The van der Waals surface area contributed by atoms with Crippen molar-refractivity contribution in [1.29, 1.82) is 0 Å². The van der Waals surface area contributed by atoms with Gasteiger partial charge in [-0.25, -0.2) is 8.78 Å². The summed E-state index contributed by atoms with van der Waals surface area (Å²) in [6.45, 7) is 1.84. The minimum atomic E-state index is -0.543. The summed E-state index contributed by atoms with van der Waals surface area (Å²) in [7, 11) is 0. The highest BCUT2D eigenvalue weighted by Gasteiger charge is 2.17. The van der Waals surface area contributed by atoms with Crippen molar-refractivity contribution in [3.8, 4) is 0 Å². The Bertz CT molecular complexity index is 362. The minimum absolute atomic E-state index is 0.152. The van der Waals surface area contributed by atoms with E-state index in [1.165, 1.54) is 6.07 Å². The van der Waals surface area contributed by atoms with E-state index in [4.69, 9.17) is 11.6 Å². The summed E-state index contributed by atoms with van der Waals surface area (Å²) < 4.78 is 26.5. The van der Waals surface area contributed by atoms with Crippen molar-refractivity contribution in [3.63, 3.8) is 0 Å². The van der Waals surface area contributed by atoms with Crippen molar-refractivity contribution in [2.75, 3.05) is 13.1 Å². The summed E-state index contributed by atoms with van der Waals surface area (Å²) in [6.07, 6.45) is 1.59. The average Bonchev–Trinajstić information content (AvgIpc) is 2.67. The van der Waals surface area contributed by atoms with E-state index in [1.54, 1.807) is 0 Å². The zero-order valence-electron chi connectivity index (χ0n) is 8.19. The van der Waals surface area contributed by atoms with Crippen LogP contribution >= 0.6 is 11.6 Å². The van der Waals surface area contributed by atoms with E-state index in [9.17, 15) is 8.78 Å². The van der Waals surface area contributed by atoms with Gasteiger partial charge in [0.1, 0.15) is 11.6 Å². The lowest BCUT2D eigenvalue weighted by Gasteiger charge is -2.09. The van der Waals surface area contributed by atoms with E-state index < -0.39 is 11.6 Å².